The van der Waals surface area contributed by atoms with Crippen molar-refractivity contribution in [1.82, 2.24) is 9.97 Å². The maximum Gasteiger partial charge on any atom is 0.357 e. The molecule has 1 aromatic heterocycles. The number of nitro groups is 1. The van der Waals surface area contributed by atoms with Gasteiger partial charge in [0, 0.05) is 0 Å². The summed E-state index contributed by atoms with van der Waals surface area (Å²) >= 11 is 0. The Morgan fingerprint density at radius 2 is 1.75 bits per heavy atom. The van der Waals surface area contributed by atoms with E-state index < -0.39 is 27.7 Å². The van der Waals surface area contributed by atoms with E-state index in [1.54, 1.807) is 4.98 Å². The number of benzene rings is 1. The van der Waals surface area contributed by atoms with Gasteiger partial charge in [0.25, 0.3) is 0 Å². The van der Waals surface area contributed by atoms with E-state index in [9.17, 15) is 24.1 Å². The monoisotopic (exact) mass is 277 g/mol. The van der Waals surface area contributed by atoms with Crippen LogP contribution in [0.25, 0.3) is 12.2 Å². The lowest BCUT2D eigenvalue weighted by Gasteiger charge is -1.96. The van der Waals surface area contributed by atoms with E-state index in [4.69, 9.17) is 0 Å². The van der Waals surface area contributed by atoms with Crippen molar-refractivity contribution < 1.29 is 9.31 Å². The second kappa shape index (κ2) is 5.31. The molecule has 0 saturated heterocycles. The molecule has 102 valence electrons. The average Bonchev–Trinajstić information content (AvgIpc) is 2.36. The molecule has 7 nitrogen and oxygen atoms in total. The number of rotatable bonds is 3. The molecule has 0 saturated carbocycles. The van der Waals surface area contributed by atoms with Crippen LogP contribution in [0.3, 0.4) is 0 Å². The van der Waals surface area contributed by atoms with Crippen LogP contribution in [-0.2, 0) is 0 Å². The fraction of sp³-hybridized carbons (Fsp3) is 0. The van der Waals surface area contributed by atoms with E-state index in [1.807, 2.05) is 0 Å². The van der Waals surface area contributed by atoms with Crippen LogP contribution in [0.2, 0.25) is 0 Å². The van der Waals surface area contributed by atoms with Crippen molar-refractivity contribution >= 4 is 17.8 Å². The summed E-state index contributed by atoms with van der Waals surface area (Å²) in [4.78, 5) is 36.3. The second-order valence-corrected chi connectivity index (χ2v) is 3.81. The summed E-state index contributed by atoms with van der Waals surface area (Å²) in [5.41, 5.74) is -2.37. The van der Waals surface area contributed by atoms with Gasteiger partial charge in [-0.1, -0.05) is 18.2 Å². The van der Waals surface area contributed by atoms with Crippen LogP contribution in [0.4, 0.5) is 10.1 Å². The molecule has 1 heterocycles. The van der Waals surface area contributed by atoms with Gasteiger partial charge in [-0.3, -0.25) is 19.9 Å². The van der Waals surface area contributed by atoms with Crippen LogP contribution in [-0.4, -0.2) is 14.9 Å². The van der Waals surface area contributed by atoms with Crippen molar-refractivity contribution in [3.05, 3.63) is 72.3 Å². The highest BCUT2D eigenvalue weighted by atomic mass is 19.1. The molecule has 0 aliphatic rings. The number of hydrogen-bond donors (Lipinski definition) is 2. The highest BCUT2D eigenvalue weighted by Crippen LogP contribution is 2.12. The third kappa shape index (κ3) is 2.86. The maximum absolute atomic E-state index is 12.7. The number of aromatic amines is 2. The first-order valence-electron chi connectivity index (χ1n) is 5.42. The predicted octanol–water partition coefficient (Wildman–Crippen LogP) is 1.28. The molecule has 0 radical (unpaired) electrons. The Balaban J connectivity index is 2.48. The highest BCUT2D eigenvalue weighted by molar-refractivity contribution is 5.71. The smallest absolute Gasteiger partial charge is 0.301 e. The first-order chi connectivity index (χ1) is 9.47. The lowest BCUT2D eigenvalue weighted by Crippen LogP contribution is -2.25. The number of nitrogens with one attached hydrogen (secondary N) is 2. The van der Waals surface area contributed by atoms with Crippen LogP contribution in [0.15, 0.2) is 33.9 Å². The third-order valence-electron chi connectivity index (χ3n) is 2.44. The highest BCUT2D eigenvalue weighted by Gasteiger charge is 2.18. The first kappa shape index (κ1) is 13.4. The van der Waals surface area contributed by atoms with Crippen LogP contribution in [0, 0.1) is 15.9 Å². The minimum absolute atomic E-state index is 0.229. The zero-order valence-electron chi connectivity index (χ0n) is 9.92. The summed E-state index contributed by atoms with van der Waals surface area (Å²) in [6.07, 6.45) is 2.62. The number of H-pyrrole nitrogens is 2. The van der Waals surface area contributed by atoms with Crippen LogP contribution < -0.4 is 11.2 Å². The van der Waals surface area contributed by atoms with Crippen LogP contribution >= 0.6 is 0 Å². The minimum Gasteiger partial charge on any atom is -0.301 e. The summed E-state index contributed by atoms with van der Waals surface area (Å²) < 4.78 is 12.7. The van der Waals surface area contributed by atoms with Crippen molar-refractivity contribution in [3.8, 4) is 0 Å². The molecule has 20 heavy (non-hydrogen) atoms. The number of nitrogens with zero attached hydrogens (tertiary/aromatic N) is 1. The molecule has 8 heteroatoms. The van der Waals surface area contributed by atoms with Crippen molar-refractivity contribution in [1.29, 1.82) is 0 Å². The predicted molar refractivity (Wildman–Crippen MR) is 69.7 cm³/mol. The quantitative estimate of drug-likeness (QED) is 0.650. The van der Waals surface area contributed by atoms with E-state index >= 15 is 0 Å². The van der Waals surface area contributed by atoms with E-state index in [2.05, 4.69) is 4.98 Å². The van der Waals surface area contributed by atoms with Gasteiger partial charge < -0.3 is 4.98 Å². The van der Waals surface area contributed by atoms with Gasteiger partial charge in [0.05, 0.1) is 4.92 Å². The fourth-order valence-corrected chi connectivity index (χ4v) is 1.55. The van der Waals surface area contributed by atoms with Gasteiger partial charge >= 0.3 is 16.9 Å². The van der Waals surface area contributed by atoms with Crippen molar-refractivity contribution in [2.75, 3.05) is 0 Å². The summed E-state index contributed by atoms with van der Waals surface area (Å²) in [6.45, 7) is 0. The molecule has 2 N–H and O–H groups in total. The minimum atomic E-state index is -1.09. The summed E-state index contributed by atoms with van der Waals surface area (Å²) in [5, 5.41) is 10.8. The molecule has 2 rings (SSSR count). The Morgan fingerprint density at radius 1 is 1.10 bits per heavy atom. The van der Waals surface area contributed by atoms with Gasteiger partial charge in [-0.15, -0.1) is 0 Å². The Hall–Kier alpha value is -3.03. The van der Waals surface area contributed by atoms with E-state index in [0.717, 1.165) is 0 Å². The molecule has 0 aliphatic heterocycles. The van der Waals surface area contributed by atoms with E-state index in [-0.39, 0.29) is 5.69 Å². The lowest BCUT2D eigenvalue weighted by molar-refractivity contribution is -0.386. The standard InChI is InChI=1S/C12H8FN3O4/c13-8-4-1-7(2-5-8)3-6-9-10(16(19)20)11(17)15-12(18)14-9/h1-6H,(H2,14,15,17,18)/b6-3-. The zero-order valence-corrected chi connectivity index (χ0v) is 9.92. The van der Waals surface area contributed by atoms with Crippen molar-refractivity contribution in [2.45, 2.75) is 0 Å². The second-order valence-electron chi connectivity index (χ2n) is 3.81. The number of halogens is 1. The normalized spacial score (nSPS) is 10.8. The van der Waals surface area contributed by atoms with Gasteiger partial charge in [-0.05, 0) is 23.8 Å². The molecule has 0 amide bonds. The van der Waals surface area contributed by atoms with Gasteiger partial charge in [-0.25, -0.2) is 9.18 Å². The average molecular weight is 277 g/mol. The Morgan fingerprint density at radius 3 is 2.35 bits per heavy atom. The Labute approximate surface area is 110 Å². The fourth-order valence-electron chi connectivity index (χ4n) is 1.55. The van der Waals surface area contributed by atoms with Crippen molar-refractivity contribution in [3.63, 3.8) is 0 Å². The molecule has 0 fully saturated rings. The molecule has 0 aliphatic carbocycles. The largest absolute Gasteiger partial charge is 0.357 e. The third-order valence-corrected chi connectivity index (χ3v) is 2.44. The van der Waals surface area contributed by atoms with Gasteiger partial charge in [0.15, 0.2) is 0 Å². The molecule has 2 aromatic rings. The molecule has 0 unspecified atom stereocenters. The Bertz CT molecular complexity index is 790. The van der Waals surface area contributed by atoms with Gasteiger partial charge in [0.2, 0.25) is 0 Å². The van der Waals surface area contributed by atoms with E-state index in [0.29, 0.717) is 5.56 Å². The first-order valence-corrected chi connectivity index (χ1v) is 5.42. The SMILES string of the molecule is O=c1[nH]c(/C=C\c2ccc(F)cc2)c([N+](=O)[O-])c(=O)[nH]1. The maximum atomic E-state index is 12.7. The summed E-state index contributed by atoms with van der Waals surface area (Å²) in [5.74, 6) is -0.419. The molecule has 1 aromatic carbocycles. The molecular formula is C12H8FN3O4. The molecular weight excluding hydrogens is 269 g/mol. The van der Waals surface area contributed by atoms with Crippen LogP contribution in [0.1, 0.15) is 11.3 Å². The molecule has 0 atom stereocenters. The van der Waals surface area contributed by atoms with Crippen molar-refractivity contribution in [2.24, 2.45) is 0 Å². The lowest BCUT2D eigenvalue weighted by atomic mass is 10.2. The molecule has 0 bridgehead atoms. The zero-order chi connectivity index (χ0) is 14.7. The Kier molecular flexibility index (Phi) is 3.56. The summed E-state index contributed by atoms with van der Waals surface area (Å²) in [7, 11) is 0. The summed E-state index contributed by atoms with van der Waals surface area (Å²) in [6, 6.07) is 5.33. The van der Waals surface area contributed by atoms with Gasteiger partial charge in [0.1, 0.15) is 11.5 Å². The number of hydrogen-bond acceptors (Lipinski definition) is 4. The van der Waals surface area contributed by atoms with Gasteiger partial charge in [-0.2, -0.15) is 0 Å². The topological polar surface area (TPSA) is 109 Å². The van der Waals surface area contributed by atoms with E-state index in [1.165, 1.54) is 36.4 Å². The van der Waals surface area contributed by atoms with Crippen LogP contribution in [0.5, 0.6) is 0 Å². The number of aromatic nitrogens is 2. The molecule has 0 spiro atoms.